The van der Waals surface area contributed by atoms with Crippen molar-refractivity contribution >= 4 is 34.3 Å². The second-order valence-corrected chi connectivity index (χ2v) is 9.08. The molecule has 4 rings (SSSR count). The number of carbonyl (C=O) groups excluding carboxylic acids is 2. The number of nitrogens with zero attached hydrogens (tertiary/aromatic N) is 3. The topological polar surface area (TPSA) is 124 Å². The van der Waals surface area contributed by atoms with Crippen molar-refractivity contribution in [2.45, 2.75) is 25.8 Å². The van der Waals surface area contributed by atoms with Crippen LogP contribution in [0.4, 0.5) is 4.79 Å². The van der Waals surface area contributed by atoms with Gasteiger partial charge >= 0.3 is 6.03 Å². The second kappa shape index (κ2) is 8.93. The van der Waals surface area contributed by atoms with E-state index >= 15 is 0 Å². The van der Waals surface area contributed by atoms with Crippen LogP contribution in [0.5, 0.6) is 0 Å². The first-order chi connectivity index (χ1) is 15.3. The molecule has 1 fully saturated rings. The maximum Gasteiger partial charge on any atom is 0.319 e. The van der Waals surface area contributed by atoms with Gasteiger partial charge in [0.25, 0.3) is 0 Å². The lowest BCUT2D eigenvalue weighted by atomic mass is 10.1. The van der Waals surface area contributed by atoms with Crippen LogP contribution < -0.4 is 16.4 Å². The molecule has 0 saturated carbocycles. The van der Waals surface area contributed by atoms with Crippen LogP contribution in [-0.2, 0) is 4.79 Å². The Morgan fingerprint density at radius 3 is 2.66 bits per heavy atom. The number of amides is 3. The minimum absolute atomic E-state index is 0.243. The number of hydrogen-bond acceptors (Lipinski definition) is 6. The molecule has 4 N–H and O–H groups in total. The maximum atomic E-state index is 12.8. The average molecular weight is 449 g/mol. The Morgan fingerprint density at radius 1 is 1.25 bits per heavy atom. The molecule has 2 unspecified atom stereocenters. The van der Waals surface area contributed by atoms with Gasteiger partial charge in [-0.15, -0.1) is 0 Å². The summed E-state index contributed by atoms with van der Waals surface area (Å²) in [6, 6.07) is 13.3. The Balaban J connectivity index is 1.60. The minimum atomic E-state index is -0.403. The quantitative estimate of drug-likeness (QED) is 0.660. The normalized spacial score (nSPS) is 20.1. The van der Waals surface area contributed by atoms with Crippen LogP contribution >= 0.6 is 11.8 Å². The number of urea groups is 1. The van der Waals surface area contributed by atoms with Crippen molar-refractivity contribution in [3.8, 4) is 6.07 Å². The van der Waals surface area contributed by atoms with Crippen LogP contribution in [-0.4, -0.2) is 40.4 Å². The summed E-state index contributed by atoms with van der Waals surface area (Å²) in [4.78, 5) is 31.3. The van der Waals surface area contributed by atoms with Gasteiger partial charge in [0.2, 0.25) is 5.91 Å². The van der Waals surface area contributed by atoms with Crippen molar-refractivity contribution in [2.75, 3.05) is 13.1 Å². The number of benzene rings is 1. The highest BCUT2D eigenvalue weighted by atomic mass is 32.2. The molecule has 8 nitrogen and oxygen atoms in total. The molecule has 0 aliphatic carbocycles. The van der Waals surface area contributed by atoms with E-state index in [4.69, 9.17) is 5.73 Å². The third kappa shape index (κ3) is 4.55. The van der Waals surface area contributed by atoms with Gasteiger partial charge in [0.1, 0.15) is 0 Å². The van der Waals surface area contributed by atoms with E-state index in [1.54, 1.807) is 11.0 Å². The monoisotopic (exact) mass is 448 g/mol. The summed E-state index contributed by atoms with van der Waals surface area (Å²) in [5.41, 5.74) is 10.1. The molecular formula is C23H24N6O2S. The summed E-state index contributed by atoms with van der Waals surface area (Å²) in [6.45, 7) is 4.72. The van der Waals surface area contributed by atoms with Crippen molar-refractivity contribution in [1.82, 2.24) is 20.5 Å². The van der Waals surface area contributed by atoms with Crippen LogP contribution in [0.1, 0.15) is 34.5 Å². The van der Waals surface area contributed by atoms with E-state index in [0.29, 0.717) is 25.1 Å². The predicted molar refractivity (Wildman–Crippen MR) is 124 cm³/mol. The molecule has 1 saturated heterocycles. The molecule has 2 aliphatic rings. The van der Waals surface area contributed by atoms with Gasteiger partial charge in [-0.2, -0.15) is 5.26 Å². The van der Waals surface area contributed by atoms with E-state index in [1.807, 2.05) is 44.2 Å². The lowest BCUT2D eigenvalue weighted by Gasteiger charge is -2.21. The summed E-state index contributed by atoms with van der Waals surface area (Å²) in [5, 5.41) is 15.7. The minimum Gasteiger partial charge on any atom is -0.369 e. The molecule has 1 aromatic carbocycles. The van der Waals surface area contributed by atoms with E-state index in [1.165, 1.54) is 11.8 Å². The summed E-state index contributed by atoms with van der Waals surface area (Å²) < 4.78 is 0. The van der Waals surface area contributed by atoms with E-state index < -0.39 is 5.50 Å². The van der Waals surface area contributed by atoms with Gasteiger partial charge in [-0.05, 0) is 50.1 Å². The predicted octanol–water partition coefficient (Wildman–Crippen LogP) is 2.53. The Bertz CT molecular complexity index is 1140. The number of primary amides is 1. The van der Waals surface area contributed by atoms with Gasteiger partial charge < -0.3 is 21.3 Å². The van der Waals surface area contributed by atoms with Gasteiger partial charge in [-0.3, -0.25) is 9.78 Å². The van der Waals surface area contributed by atoms with Crippen molar-refractivity contribution < 1.29 is 9.59 Å². The molecular weight excluding hydrogens is 424 g/mol. The second-order valence-electron chi connectivity index (χ2n) is 7.96. The molecule has 32 heavy (non-hydrogen) atoms. The zero-order valence-corrected chi connectivity index (χ0v) is 18.7. The van der Waals surface area contributed by atoms with Gasteiger partial charge in [0.15, 0.2) is 5.50 Å². The fraction of sp³-hybridized carbons (Fsp3) is 0.304. The van der Waals surface area contributed by atoms with Crippen molar-refractivity contribution in [3.63, 3.8) is 0 Å². The number of nitriles is 1. The number of likely N-dealkylation sites (tertiary alicyclic amines) is 1. The first-order valence-corrected chi connectivity index (χ1v) is 11.2. The first kappa shape index (κ1) is 21.7. The lowest BCUT2D eigenvalue weighted by molar-refractivity contribution is -0.121. The highest BCUT2D eigenvalue weighted by molar-refractivity contribution is 8.09. The highest BCUT2D eigenvalue weighted by Crippen LogP contribution is 2.42. The number of aromatic nitrogens is 1. The molecule has 0 spiro atoms. The van der Waals surface area contributed by atoms with E-state index in [2.05, 4.69) is 21.7 Å². The standard InChI is InChI=1S/C23H24N6O2S/c1-13-8-18(9-14(2)26-13)20-19(16-5-3-4-15(10-16)11-24)27-22(32-20)28-23(31)29-7-6-17(12-29)21(25)30/h3-5,8-10,17,22,27H,6-7,12H2,1-2H3,(H2,25,30)(H,28,31). The molecule has 2 atom stereocenters. The number of hydrogen-bond donors (Lipinski definition) is 3. The summed E-state index contributed by atoms with van der Waals surface area (Å²) in [5.74, 6) is -0.675. The van der Waals surface area contributed by atoms with Crippen molar-refractivity contribution in [2.24, 2.45) is 11.7 Å². The van der Waals surface area contributed by atoms with Gasteiger partial charge in [0, 0.05) is 34.9 Å². The smallest absolute Gasteiger partial charge is 0.319 e. The molecule has 0 bridgehead atoms. The Hall–Kier alpha value is -3.51. The Morgan fingerprint density at radius 2 is 2.00 bits per heavy atom. The van der Waals surface area contributed by atoms with Gasteiger partial charge in [0.05, 0.1) is 23.2 Å². The molecule has 164 valence electrons. The fourth-order valence-corrected chi connectivity index (χ4v) is 5.11. The largest absolute Gasteiger partial charge is 0.369 e. The Kier molecular flexibility index (Phi) is 6.06. The fourth-order valence-electron chi connectivity index (χ4n) is 3.99. The molecule has 3 amide bonds. The molecule has 3 heterocycles. The summed E-state index contributed by atoms with van der Waals surface area (Å²) >= 11 is 1.50. The van der Waals surface area contributed by atoms with Crippen LogP contribution in [0.15, 0.2) is 36.4 Å². The van der Waals surface area contributed by atoms with E-state index in [0.717, 1.165) is 33.1 Å². The number of pyridine rings is 1. The third-order valence-electron chi connectivity index (χ3n) is 5.49. The zero-order valence-electron chi connectivity index (χ0n) is 17.9. The number of aryl methyl sites for hydroxylation is 2. The Labute approximate surface area is 190 Å². The number of rotatable bonds is 4. The van der Waals surface area contributed by atoms with Crippen LogP contribution in [0.2, 0.25) is 0 Å². The van der Waals surface area contributed by atoms with Gasteiger partial charge in [-0.1, -0.05) is 23.9 Å². The van der Waals surface area contributed by atoms with Crippen molar-refractivity contribution in [3.05, 3.63) is 64.5 Å². The number of thioether (sulfide) groups is 1. The summed E-state index contributed by atoms with van der Waals surface area (Å²) in [6.07, 6.45) is 0.583. The molecule has 2 aliphatic heterocycles. The molecule has 1 aromatic heterocycles. The average Bonchev–Trinajstić information content (AvgIpc) is 3.41. The molecule has 9 heteroatoms. The first-order valence-electron chi connectivity index (χ1n) is 10.3. The number of carbonyl (C=O) groups is 2. The zero-order chi connectivity index (χ0) is 22.8. The van der Waals surface area contributed by atoms with Crippen molar-refractivity contribution in [1.29, 1.82) is 5.26 Å². The van der Waals surface area contributed by atoms with E-state index in [9.17, 15) is 14.9 Å². The van der Waals surface area contributed by atoms with E-state index in [-0.39, 0.29) is 17.9 Å². The number of nitrogens with one attached hydrogen (secondary N) is 2. The molecule has 0 radical (unpaired) electrons. The number of nitrogens with two attached hydrogens (primary N) is 1. The van der Waals surface area contributed by atoms with Crippen LogP contribution in [0.3, 0.4) is 0 Å². The summed E-state index contributed by atoms with van der Waals surface area (Å²) in [7, 11) is 0. The third-order valence-corrected chi connectivity index (χ3v) is 6.64. The highest BCUT2D eigenvalue weighted by Gasteiger charge is 2.33. The van der Waals surface area contributed by atoms with Crippen LogP contribution in [0.25, 0.3) is 10.6 Å². The SMILES string of the molecule is Cc1cc(C2=C(c3cccc(C#N)c3)NC(NC(=O)N3CCC(C(N)=O)C3)S2)cc(C)n1. The van der Waals surface area contributed by atoms with Crippen LogP contribution in [0, 0.1) is 31.1 Å². The van der Waals surface area contributed by atoms with Gasteiger partial charge in [-0.25, -0.2) is 4.79 Å². The lowest BCUT2D eigenvalue weighted by Crippen LogP contribution is -2.46. The maximum absolute atomic E-state index is 12.8. The molecule has 2 aromatic rings.